The van der Waals surface area contributed by atoms with Gasteiger partial charge in [0.05, 0.1) is 55.4 Å². The number of anilines is 6. The highest BCUT2D eigenvalue weighted by Crippen LogP contribution is 2.53. The number of hydrogen-bond donors (Lipinski definition) is 0. The van der Waals surface area contributed by atoms with Crippen LogP contribution in [0.15, 0.2) is 218 Å². The van der Waals surface area contributed by atoms with Gasteiger partial charge in [-0.15, -0.1) is 0 Å². The smallest absolute Gasteiger partial charge is 0.252 e. The maximum atomic E-state index is 9.84. The van der Waals surface area contributed by atoms with Crippen LogP contribution in [-0.2, 0) is 38.9 Å². The summed E-state index contributed by atoms with van der Waals surface area (Å²) in [5.74, 6) is 0. The molecule has 2 aliphatic heterocycles. The highest BCUT2D eigenvalue weighted by Gasteiger charge is 2.46. The molecule has 4 nitrogen and oxygen atoms in total. The van der Waals surface area contributed by atoms with Gasteiger partial charge in [-0.3, -0.25) is 0 Å². The zero-order valence-electron chi connectivity index (χ0n) is 78.1. The number of nitrogens with zero attached hydrogens (tertiary/aromatic N) is 4. The van der Waals surface area contributed by atoms with Crippen molar-refractivity contribution in [1.82, 2.24) is 9.13 Å². The van der Waals surface area contributed by atoms with Gasteiger partial charge >= 0.3 is 0 Å². The molecule has 0 N–H and O–H groups in total. The molecule has 504 valence electrons. The average Bonchev–Trinajstić information content (AvgIpc) is 0.951. The fourth-order valence-electron chi connectivity index (χ4n) is 15.0. The van der Waals surface area contributed by atoms with Crippen molar-refractivity contribution < 1.29 is 21.9 Å². The summed E-state index contributed by atoms with van der Waals surface area (Å²) in [5, 5.41) is -0.207. The molecule has 0 radical (unpaired) electrons. The Morgan fingerprint density at radius 2 is 0.610 bits per heavy atom. The van der Waals surface area contributed by atoms with E-state index in [1.54, 1.807) is 9.13 Å². The summed E-state index contributed by atoms with van der Waals surface area (Å²) in [6.45, 7) is 46.1. The van der Waals surface area contributed by atoms with Crippen LogP contribution in [0.5, 0.6) is 0 Å². The monoisotopic (exact) mass is 1320 g/mol. The van der Waals surface area contributed by atoms with Crippen LogP contribution in [0.3, 0.4) is 0 Å². The molecule has 0 saturated carbocycles. The largest absolute Gasteiger partial charge is 0.311 e. The third-order valence-electron chi connectivity index (χ3n) is 20.6. The van der Waals surface area contributed by atoms with Gasteiger partial charge in [0.1, 0.15) is 0 Å². The van der Waals surface area contributed by atoms with Crippen molar-refractivity contribution in [2.24, 2.45) is 5.41 Å². The number of fused-ring (bicyclic) bond motifs is 10. The van der Waals surface area contributed by atoms with Gasteiger partial charge in [0, 0.05) is 66.8 Å². The van der Waals surface area contributed by atoms with E-state index in [-0.39, 0.29) is 81.5 Å². The minimum absolute atomic E-state index is 0.0266. The Bertz CT molecular complexity index is 5860. The van der Waals surface area contributed by atoms with Crippen LogP contribution in [-0.4, -0.2) is 15.8 Å². The normalized spacial score (nSPS) is 16.1. The SMILES string of the molecule is [2H]c1c([2H])c([2H])c2c(c1[2H])c1c([2H])c([2H])c([2H])c([2H])c1n2-c1ccc2c(c1)N(c1ccc(C(C)(C)C)cc1-c1cc(C(C)(C)C)cc(C(C)(C)C)c1)c1cc(CC(C)(C)C)cc3c1B2c1ccc(-n2c4c([2H])c([2H])c([2H])c([2H])c4c4c([2H])c([2H])c([2H])c([2H])c42)cc1N3c1ccc(C(C)(C)C)cc1-c1cc(C(C)(C)C)cc(C(C)(C)C)c1. The summed E-state index contributed by atoms with van der Waals surface area (Å²) in [5.41, 5.74) is 16.8. The topological polar surface area (TPSA) is 16.3 Å². The van der Waals surface area contributed by atoms with E-state index in [0.29, 0.717) is 29.2 Å². The lowest BCUT2D eigenvalue weighted by molar-refractivity contribution is 0.411. The molecule has 4 heterocycles. The molecule has 0 fully saturated rings. The molecule has 5 heteroatoms. The summed E-state index contributed by atoms with van der Waals surface area (Å²) >= 11 is 0. The average molecular weight is 1330 g/mol. The highest BCUT2D eigenvalue weighted by atomic mass is 15.2. The molecule has 15 rings (SSSR count). The van der Waals surface area contributed by atoms with Crippen LogP contribution in [0.4, 0.5) is 34.1 Å². The van der Waals surface area contributed by atoms with Crippen molar-refractivity contribution in [2.45, 2.75) is 184 Å². The van der Waals surface area contributed by atoms with Crippen molar-refractivity contribution in [1.29, 1.82) is 0 Å². The second-order valence-electron chi connectivity index (χ2n) is 35.5. The number of rotatable bonds is 7. The Hall–Kier alpha value is -9.32. The molecule has 2 aliphatic rings. The quantitative estimate of drug-likeness (QED) is 0.148. The lowest BCUT2D eigenvalue weighted by Crippen LogP contribution is -2.61. The van der Waals surface area contributed by atoms with Gasteiger partial charge in [-0.1, -0.05) is 279 Å². The number of para-hydroxylation sites is 4. The van der Waals surface area contributed by atoms with E-state index >= 15 is 0 Å². The molecule has 0 aliphatic carbocycles. The summed E-state index contributed by atoms with van der Waals surface area (Å²) in [4.78, 5) is 4.70. The molecule has 0 spiro atoms. The molecule has 13 aromatic rings. The van der Waals surface area contributed by atoms with Crippen LogP contribution in [0.1, 0.15) is 206 Å². The van der Waals surface area contributed by atoms with E-state index < -0.39 is 103 Å². The second kappa shape index (κ2) is 23.1. The molecule has 11 aromatic carbocycles. The van der Waals surface area contributed by atoms with Crippen molar-refractivity contribution in [3.63, 3.8) is 0 Å². The van der Waals surface area contributed by atoms with E-state index in [9.17, 15) is 16.4 Å². The van der Waals surface area contributed by atoms with Crippen LogP contribution in [0, 0.1) is 5.41 Å². The first-order valence-electron chi connectivity index (χ1n) is 43.3. The minimum Gasteiger partial charge on any atom is -0.311 e. The number of benzene rings is 11. The molecule has 0 atom stereocenters. The van der Waals surface area contributed by atoms with E-state index in [1.165, 1.54) is 0 Å². The standard InChI is InChI=1S/C95H101BN4/c1-89(2,3)58-59-46-86-88-87(47-59)100(83-45-39-63(91(7,8)9)55-75(83)61-50-66(94(16,17)18)53-67(51-61)95(19,20)21)85-57-69(98-80-36-28-24-32-72(80)73-33-25-29-37-81(73)98)41-43-77(85)96(88)76-42-40-68(97-78-34-26-22-30-70(78)71-31-23-27-35-79(71)97)56-84(76)99(86)82-44-38-62(90(4,5)6)54-74(82)60-48-64(92(10,11)12)52-65(49-60)93(13,14)15/h22-57H,58H2,1-21H3/i22D,23D,24D,25D,26D,27D,28D,29D,30D,31D,32D,33D,34D,35D,36D,37D. The van der Waals surface area contributed by atoms with Gasteiger partial charge in [0.15, 0.2) is 0 Å². The van der Waals surface area contributed by atoms with Gasteiger partial charge < -0.3 is 18.9 Å². The van der Waals surface area contributed by atoms with E-state index in [1.807, 2.05) is 36.4 Å². The highest BCUT2D eigenvalue weighted by molar-refractivity contribution is 7.00. The lowest BCUT2D eigenvalue weighted by Gasteiger charge is -2.45. The van der Waals surface area contributed by atoms with Crippen molar-refractivity contribution >= 4 is 101 Å². The molecule has 100 heavy (non-hydrogen) atoms. The Morgan fingerprint density at radius 1 is 0.300 bits per heavy atom. The Kier molecular flexibility index (Phi) is 11.6. The molecule has 0 amide bonds. The zero-order chi connectivity index (χ0) is 84.8. The van der Waals surface area contributed by atoms with Crippen molar-refractivity contribution in [2.75, 3.05) is 9.80 Å². The van der Waals surface area contributed by atoms with E-state index in [2.05, 4.69) is 240 Å². The second-order valence-corrected chi connectivity index (χ2v) is 35.5. The van der Waals surface area contributed by atoms with Gasteiger partial charge in [0.25, 0.3) is 6.71 Å². The molecule has 0 saturated heterocycles. The van der Waals surface area contributed by atoms with Crippen LogP contribution in [0.25, 0.3) is 77.2 Å². The number of hydrogen-bond acceptors (Lipinski definition) is 2. The van der Waals surface area contributed by atoms with Gasteiger partial charge in [-0.2, -0.15) is 0 Å². The molecule has 0 unspecified atom stereocenters. The summed E-state index contributed by atoms with van der Waals surface area (Å²) in [7, 11) is 0. The number of aromatic nitrogens is 2. The molecule has 2 aromatic heterocycles. The molecular formula is C95H101BN4. The van der Waals surface area contributed by atoms with Crippen LogP contribution >= 0.6 is 0 Å². The maximum absolute atomic E-state index is 9.84. The molecule has 0 bridgehead atoms. The Labute approximate surface area is 619 Å². The van der Waals surface area contributed by atoms with Gasteiger partial charge in [-0.05, 0) is 196 Å². The first kappa shape index (κ1) is 50.1. The lowest BCUT2D eigenvalue weighted by atomic mass is 9.33. The first-order chi connectivity index (χ1) is 53.6. The predicted octanol–water partition coefficient (Wildman–Crippen LogP) is 24.7. The summed E-state index contributed by atoms with van der Waals surface area (Å²) in [6.07, 6.45) is 0.563. The Morgan fingerprint density at radius 3 is 0.910 bits per heavy atom. The third kappa shape index (κ3) is 11.5. The Balaban J connectivity index is 1.18. The van der Waals surface area contributed by atoms with Gasteiger partial charge in [-0.25, -0.2) is 0 Å². The van der Waals surface area contributed by atoms with Crippen LogP contribution < -0.4 is 26.2 Å². The van der Waals surface area contributed by atoms with Gasteiger partial charge in [0.2, 0.25) is 0 Å². The minimum atomic E-state index is -0.701. The summed E-state index contributed by atoms with van der Waals surface area (Å²) in [6, 6.07) is 36.0. The van der Waals surface area contributed by atoms with Crippen molar-refractivity contribution in [3.05, 3.63) is 257 Å². The molecular weight excluding hydrogens is 1210 g/mol. The van der Waals surface area contributed by atoms with Crippen molar-refractivity contribution in [3.8, 4) is 33.6 Å². The van der Waals surface area contributed by atoms with E-state index in [4.69, 9.17) is 5.48 Å². The first-order valence-corrected chi connectivity index (χ1v) is 35.3. The third-order valence-corrected chi connectivity index (χ3v) is 20.6. The van der Waals surface area contributed by atoms with Crippen LogP contribution in [0.2, 0.25) is 0 Å². The summed E-state index contributed by atoms with van der Waals surface area (Å²) < 4.78 is 154. The maximum Gasteiger partial charge on any atom is 0.252 e. The predicted molar refractivity (Wildman–Crippen MR) is 435 cm³/mol. The fourth-order valence-corrected chi connectivity index (χ4v) is 15.0. The zero-order valence-corrected chi connectivity index (χ0v) is 62.1. The van der Waals surface area contributed by atoms with E-state index in [0.717, 1.165) is 100 Å². The fraction of sp³-hybridized carbons (Fsp3) is 0.305.